The number of nitro benzene ring substituents is 1. The van der Waals surface area contributed by atoms with Crippen LogP contribution in [0.25, 0.3) is 10.1 Å². The van der Waals surface area contributed by atoms with Crippen LogP contribution in [0.3, 0.4) is 0 Å². The van der Waals surface area contributed by atoms with Gasteiger partial charge in [0.2, 0.25) is 11.8 Å². The molecule has 5 N–H and O–H groups in total. The van der Waals surface area contributed by atoms with Crippen LogP contribution in [0.2, 0.25) is 0 Å². The van der Waals surface area contributed by atoms with Crippen molar-refractivity contribution in [2.24, 2.45) is 0 Å². The van der Waals surface area contributed by atoms with Crippen LogP contribution in [-0.4, -0.2) is 61.8 Å². The lowest BCUT2D eigenvalue weighted by Gasteiger charge is -2.25. The molecule has 2 heterocycles. The van der Waals surface area contributed by atoms with E-state index in [0.717, 1.165) is 15.6 Å². The molecule has 0 saturated carbocycles. The maximum absolute atomic E-state index is 14.0. The molecule has 5 rings (SSSR count). The van der Waals surface area contributed by atoms with Crippen molar-refractivity contribution in [1.29, 1.82) is 0 Å². The minimum Gasteiger partial charge on any atom is -0.480 e. The number of imidazole rings is 1. The molecule has 0 radical (unpaired) electrons. The Hall–Kier alpha value is -5.89. The molecule has 0 saturated heterocycles. The van der Waals surface area contributed by atoms with E-state index in [-0.39, 0.29) is 30.5 Å². The van der Waals surface area contributed by atoms with Crippen LogP contribution in [0, 0.1) is 10.1 Å². The zero-order valence-electron chi connectivity index (χ0n) is 24.8. The number of fused-ring (bicyclic) bond motifs is 1. The summed E-state index contributed by atoms with van der Waals surface area (Å²) in [4.78, 5) is 70.2. The molecule has 3 amide bonds. The first-order chi connectivity index (χ1) is 22.7. The van der Waals surface area contributed by atoms with Crippen molar-refractivity contribution < 1.29 is 29.2 Å². The maximum Gasteiger partial charge on any atom is 0.326 e. The summed E-state index contributed by atoms with van der Waals surface area (Å²) in [5, 5.41) is 31.7. The van der Waals surface area contributed by atoms with Gasteiger partial charge in [-0.3, -0.25) is 24.5 Å². The second kappa shape index (κ2) is 14.9. The van der Waals surface area contributed by atoms with E-state index in [9.17, 15) is 34.4 Å². The molecule has 5 aromatic rings. The molecule has 0 spiro atoms. The highest BCUT2D eigenvalue weighted by atomic mass is 32.1. The molecule has 2 aromatic heterocycles. The number of aliphatic carboxylic acids is 1. The van der Waals surface area contributed by atoms with E-state index in [2.05, 4.69) is 25.9 Å². The van der Waals surface area contributed by atoms with Gasteiger partial charge in [0.05, 0.1) is 11.3 Å². The smallest absolute Gasteiger partial charge is 0.326 e. The number of nitrogens with zero attached hydrogens (tertiary/aromatic N) is 2. The number of aromatic amines is 1. The van der Waals surface area contributed by atoms with Gasteiger partial charge in [-0.25, -0.2) is 9.78 Å². The van der Waals surface area contributed by atoms with E-state index >= 15 is 0 Å². The van der Waals surface area contributed by atoms with Crippen molar-refractivity contribution in [2.75, 3.05) is 0 Å². The number of nitrogens with one attached hydrogen (secondary N) is 4. The molecule has 0 bridgehead atoms. The Kier molecular flexibility index (Phi) is 10.3. The van der Waals surface area contributed by atoms with Gasteiger partial charge in [0.1, 0.15) is 18.1 Å². The quantitative estimate of drug-likeness (QED) is 0.0887. The summed E-state index contributed by atoms with van der Waals surface area (Å²) in [7, 11) is 0. The number of hydrogen-bond acceptors (Lipinski definition) is 8. The van der Waals surface area contributed by atoms with Crippen molar-refractivity contribution in [1.82, 2.24) is 25.9 Å². The van der Waals surface area contributed by atoms with Crippen LogP contribution in [0.15, 0.2) is 96.8 Å². The van der Waals surface area contributed by atoms with Gasteiger partial charge < -0.3 is 26.0 Å². The highest BCUT2D eigenvalue weighted by Crippen LogP contribution is 2.27. The van der Waals surface area contributed by atoms with Crippen molar-refractivity contribution >= 4 is 50.8 Å². The molecule has 14 heteroatoms. The van der Waals surface area contributed by atoms with Crippen molar-refractivity contribution in [2.45, 2.75) is 37.4 Å². The summed E-state index contributed by atoms with van der Waals surface area (Å²) in [6, 6.07) is 17.8. The van der Waals surface area contributed by atoms with Crippen LogP contribution in [0.4, 0.5) is 5.69 Å². The summed E-state index contributed by atoms with van der Waals surface area (Å²) >= 11 is 1.48. The number of carbonyl (C=O) groups is 4. The molecule has 3 atom stereocenters. The van der Waals surface area contributed by atoms with Crippen LogP contribution in [-0.2, 0) is 33.6 Å². The third-order valence-electron chi connectivity index (χ3n) is 7.46. The minimum absolute atomic E-state index is 0.0409. The van der Waals surface area contributed by atoms with Crippen molar-refractivity contribution in [3.63, 3.8) is 0 Å². The molecule has 3 aromatic carbocycles. The van der Waals surface area contributed by atoms with Crippen LogP contribution < -0.4 is 16.0 Å². The number of aromatic nitrogens is 2. The number of carbonyl (C=O) groups excluding carboxylic acids is 3. The Labute approximate surface area is 272 Å². The van der Waals surface area contributed by atoms with Gasteiger partial charge in [-0.1, -0.05) is 48.5 Å². The SMILES string of the molecule is O=C(N[C@@H](Cc1csc2ccccc12)C(=O)N[C@H](Cc1ccccc1)C(=O)N[C@@H](Cc1cnc[nH]1)C(=O)O)c1ccc([N+](=O)[O-])cc1. The lowest BCUT2D eigenvalue weighted by molar-refractivity contribution is -0.384. The largest absolute Gasteiger partial charge is 0.480 e. The molecule has 240 valence electrons. The summed E-state index contributed by atoms with van der Waals surface area (Å²) < 4.78 is 0.988. The zero-order valence-corrected chi connectivity index (χ0v) is 25.6. The first-order valence-corrected chi connectivity index (χ1v) is 15.4. The highest BCUT2D eigenvalue weighted by Gasteiger charge is 2.31. The fourth-order valence-electron chi connectivity index (χ4n) is 5.02. The predicted octanol–water partition coefficient (Wildman–Crippen LogP) is 3.41. The standard InChI is InChI=1S/C33H30N6O7S/c40-30(21-10-12-24(13-11-21)39(45)46)36-27(15-22-18-47-29-9-5-4-8-25(22)29)32(42)37-26(14-20-6-2-1-3-7-20)31(41)38-28(33(43)44)16-23-17-34-19-35-23/h1-13,17-19,26-28H,14-16H2,(H,34,35)(H,36,40)(H,37,42)(H,38,41)(H,43,44)/t26-,27+,28+/m1/s1. The average Bonchev–Trinajstić information content (AvgIpc) is 3.74. The summed E-state index contributed by atoms with van der Waals surface area (Å²) in [5.41, 5.74) is 1.92. The Morgan fingerprint density at radius 3 is 2.15 bits per heavy atom. The van der Waals surface area contributed by atoms with E-state index in [4.69, 9.17) is 0 Å². The second-order valence-electron chi connectivity index (χ2n) is 10.7. The van der Waals surface area contributed by atoms with Gasteiger partial charge in [-0.05, 0) is 40.1 Å². The first kappa shape index (κ1) is 32.5. The van der Waals surface area contributed by atoms with Gasteiger partial charge in [0, 0.05) is 53.5 Å². The predicted molar refractivity (Wildman–Crippen MR) is 174 cm³/mol. The summed E-state index contributed by atoms with van der Waals surface area (Å²) in [6.07, 6.45) is 2.91. The molecule has 47 heavy (non-hydrogen) atoms. The summed E-state index contributed by atoms with van der Waals surface area (Å²) in [6.45, 7) is 0. The van der Waals surface area contributed by atoms with E-state index < -0.39 is 46.7 Å². The number of nitro groups is 1. The van der Waals surface area contributed by atoms with Gasteiger partial charge in [0.25, 0.3) is 11.6 Å². The second-order valence-corrected chi connectivity index (χ2v) is 11.6. The number of thiophene rings is 1. The monoisotopic (exact) mass is 654 g/mol. The van der Waals surface area contributed by atoms with Gasteiger partial charge in [-0.2, -0.15) is 0 Å². The fraction of sp³-hybridized carbons (Fsp3) is 0.182. The Balaban J connectivity index is 1.41. The molecule has 13 nitrogen and oxygen atoms in total. The molecule has 0 aliphatic carbocycles. The Morgan fingerprint density at radius 1 is 0.830 bits per heavy atom. The molecule has 0 unspecified atom stereocenters. The molecule has 0 fully saturated rings. The first-order valence-electron chi connectivity index (χ1n) is 14.5. The molecular weight excluding hydrogens is 624 g/mol. The normalized spacial score (nSPS) is 12.9. The van der Waals surface area contributed by atoms with Crippen molar-refractivity contribution in [3.8, 4) is 0 Å². The van der Waals surface area contributed by atoms with Gasteiger partial charge in [-0.15, -0.1) is 11.3 Å². The number of non-ortho nitro benzene ring substituents is 1. The number of H-pyrrole nitrogens is 1. The van der Waals surface area contributed by atoms with Crippen LogP contribution in [0.5, 0.6) is 0 Å². The highest BCUT2D eigenvalue weighted by molar-refractivity contribution is 7.17. The van der Waals surface area contributed by atoms with Gasteiger partial charge in [0.15, 0.2) is 0 Å². The number of hydrogen-bond donors (Lipinski definition) is 5. The maximum atomic E-state index is 14.0. The topological polar surface area (TPSA) is 196 Å². The minimum atomic E-state index is -1.31. The van der Waals surface area contributed by atoms with Crippen LogP contribution >= 0.6 is 11.3 Å². The summed E-state index contributed by atoms with van der Waals surface area (Å²) in [5.74, 6) is -3.31. The van der Waals surface area contributed by atoms with Crippen LogP contribution in [0.1, 0.15) is 27.2 Å². The van der Waals surface area contributed by atoms with E-state index in [1.807, 2.05) is 29.6 Å². The lowest BCUT2D eigenvalue weighted by Crippen LogP contribution is -2.57. The fourth-order valence-corrected chi connectivity index (χ4v) is 5.99. The van der Waals surface area contributed by atoms with E-state index in [1.54, 1.807) is 30.3 Å². The van der Waals surface area contributed by atoms with E-state index in [0.29, 0.717) is 11.3 Å². The average molecular weight is 655 g/mol. The molecular formula is C33H30N6O7S. The number of benzene rings is 3. The number of carboxylic acids is 1. The molecule has 0 aliphatic heterocycles. The Bertz CT molecular complexity index is 1880. The lowest BCUT2D eigenvalue weighted by atomic mass is 10.0. The third-order valence-corrected chi connectivity index (χ3v) is 8.47. The zero-order chi connectivity index (χ0) is 33.3. The third kappa shape index (κ3) is 8.43. The Morgan fingerprint density at radius 2 is 1.49 bits per heavy atom. The van der Waals surface area contributed by atoms with Crippen molar-refractivity contribution in [3.05, 3.63) is 129 Å². The number of amides is 3. The number of rotatable bonds is 14. The molecule has 0 aliphatic rings. The number of carboxylic acid groups (broad SMARTS) is 1. The van der Waals surface area contributed by atoms with Gasteiger partial charge >= 0.3 is 5.97 Å². The van der Waals surface area contributed by atoms with E-state index in [1.165, 1.54) is 48.1 Å².